The largest absolute Gasteiger partial charge is 1.00 e. The normalized spacial score (nSPS) is 14.3. The van der Waals surface area contributed by atoms with Crippen LogP contribution in [0, 0.1) is 0 Å². The van der Waals surface area contributed by atoms with Crippen molar-refractivity contribution in [2.24, 2.45) is 0 Å². The number of anilines is 2. The van der Waals surface area contributed by atoms with Crippen molar-refractivity contribution in [3.63, 3.8) is 0 Å². The van der Waals surface area contributed by atoms with Crippen LogP contribution >= 0.6 is 0 Å². The van der Waals surface area contributed by atoms with Gasteiger partial charge in [0.2, 0.25) is 0 Å². The van der Waals surface area contributed by atoms with Crippen LogP contribution in [-0.4, -0.2) is 19.1 Å². The van der Waals surface area contributed by atoms with E-state index in [1.165, 1.54) is 146 Å². The summed E-state index contributed by atoms with van der Waals surface area (Å²) in [6, 6.07) is 15.0. The van der Waals surface area contributed by atoms with Crippen molar-refractivity contribution >= 4 is 21.5 Å². The molecule has 0 aliphatic carbocycles. The molecule has 1 N–H and O–H groups in total. The molecule has 0 aromatic heterocycles. The predicted molar refractivity (Wildman–Crippen MR) is 182 cm³/mol. The van der Waals surface area contributed by atoms with Crippen LogP contribution in [0.25, 0.3) is 0 Å². The minimum atomic E-state index is -4.48. The molecule has 0 fully saturated rings. The van der Waals surface area contributed by atoms with E-state index in [2.05, 4.69) is 29.3 Å². The molecule has 1 atom stereocenters. The number of fused-ring (bicyclic) bond motifs is 1. The van der Waals surface area contributed by atoms with E-state index in [9.17, 15) is 13.0 Å². The standard InChI is InChI=1S/C37H60N2O3S.Na/c1-2-3-4-5-6-7-8-9-10-11-12-13-14-15-16-17-18-19-20-21-25-28-37-38-35-31-34(43(40,41)42)29-30-36(35)39(37)32-33-26-23-22-24-27-33;/h22-24,26-27,29-31,37-38H,2-21,25,28,32H2,1H3,(H,40,41,42);/q;+1/p-1. The Morgan fingerprint density at radius 3 is 1.57 bits per heavy atom. The van der Waals surface area contributed by atoms with Crippen molar-refractivity contribution < 1.29 is 42.5 Å². The van der Waals surface area contributed by atoms with Crippen molar-refractivity contribution in [3.05, 3.63) is 54.1 Å². The Labute approximate surface area is 292 Å². The van der Waals surface area contributed by atoms with Crippen LogP contribution < -0.4 is 39.8 Å². The molecule has 0 amide bonds. The van der Waals surface area contributed by atoms with Crippen LogP contribution in [0.2, 0.25) is 0 Å². The second-order valence-corrected chi connectivity index (χ2v) is 14.1. The second-order valence-electron chi connectivity index (χ2n) is 12.8. The minimum absolute atomic E-state index is 0. The van der Waals surface area contributed by atoms with Gasteiger partial charge in [0.25, 0.3) is 0 Å². The SMILES string of the molecule is CCCCCCCCCCCCCCCCCCCCCCCC1Nc2cc(S(=O)(=O)[O-])ccc2N1Cc1ccccc1.[Na+]. The summed E-state index contributed by atoms with van der Waals surface area (Å²) in [5.41, 5.74) is 2.91. The summed E-state index contributed by atoms with van der Waals surface area (Å²) >= 11 is 0. The van der Waals surface area contributed by atoms with E-state index < -0.39 is 10.1 Å². The molecule has 0 saturated carbocycles. The van der Waals surface area contributed by atoms with Crippen LogP contribution in [0.5, 0.6) is 0 Å². The maximum atomic E-state index is 11.6. The summed E-state index contributed by atoms with van der Waals surface area (Å²) in [6.45, 7) is 3.03. The molecule has 1 heterocycles. The Hall–Kier alpha value is -1.05. The third kappa shape index (κ3) is 15.5. The number of rotatable bonds is 25. The first-order chi connectivity index (χ1) is 21.0. The van der Waals surface area contributed by atoms with E-state index in [0.29, 0.717) is 0 Å². The van der Waals surface area contributed by atoms with Crippen LogP contribution in [-0.2, 0) is 16.7 Å². The smallest absolute Gasteiger partial charge is 0.744 e. The molecule has 0 radical (unpaired) electrons. The predicted octanol–water partition coefficient (Wildman–Crippen LogP) is 7.96. The number of hydrogen-bond acceptors (Lipinski definition) is 5. The zero-order valence-corrected chi connectivity index (χ0v) is 30.9. The van der Waals surface area contributed by atoms with Gasteiger partial charge in [0.15, 0.2) is 0 Å². The second kappa shape index (κ2) is 23.3. The summed E-state index contributed by atoms with van der Waals surface area (Å²) in [7, 11) is -4.48. The number of unbranched alkanes of at least 4 members (excludes halogenated alkanes) is 20. The first kappa shape index (κ1) is 39.1. The van der Waals surface area contributed by atoms with Gasteiger partial charge in [0, 0.05) is 6.54 Å². The van der Waals surface area contributed by atoms with Crippen molar-refractivity contribution in [1.82, 2.24) is 0 Å². The van der Waals surface area contributed by atoms with Crippen LogP contribution in [0.15, 0.2) is 53.4 Å². The summed E-state index contributed by atoms with van der Waals surface area (Å²) in [6.07, 6.45) is 30.1. The molecule has 2 aromatic rings. The van der Waals surface area contributed by atoms with Crippen LogP contribution in [0.4, 0.5) is 11.4 Å². The monoisotopic (exact) mass is 634 g/mol. The van der Waals surface area contributed by atoms with Crippen molar-refractivity contribution in [1.29, 1.82) is 0 Å². The van der Waals surface area contributed by atoms with Crippen molar-refractivity contribution in [2.45, 2.75) is 166 Å². The molecule has 3 rings (SSSR count). The average Bonchev–Trinajstić information content (AvgIpc) is 3.34. The molecule has 0 saturated heterocycles. The van der Waals surface area contributed by atoms with Gasteiger partial charge in [-0.1, -0.05) is 166 Å². The average molecular weight is 635 g/mol. The molecule has 242 valence electrons. The molecular weight excluding hydrogens is 575 g/mol. The Morgan fingerprint density at radius 1 is 0.659 bits per heavy atom. The topological polar surface area (TPSA) is 72.5 Å². The first-order valence-electron chi connectivity index (χ1n) is 17.7. The van der Waals surface area contributed by atoms with Gasteiger partial charge >= 0.3 is 29.6 Å². The Kier molecular flexibility index (Phi) is 20.7. The summed E-state index contributed by atoms with van der Waals surface area (Å²) < 4.78 is 34.7. The molecule has 0 bridgehead atoms. The summed E-state index contributed by atoms with van der Waals surface area (Å²) in [4.78, 5) is 2.13. The Balaban J connectivity index is 0.00000675. The zero-order valence-electron chi connectivity index (χ0n) is 28.0. The molecule has 0 spiro atoms. The van der Waals surface area contributed by atoms with E-state index in [0.717, 1.165) is 30.8 Å². The maximum absolute atomic E-state index is 11.6. The van der Waals surface area contributed by atoms with Gasteiger partial charge in [0.05, 0.1) is 22.4 Å². The Bertz CT molecular complexity index is 1110. The van der Waals surface area contributed by atoms with Gasteiger partial charge in [0.1, 0.15) is 10.1 Å². The number of hydrogen-bond donors (Lipinski definition) is 1. The number of nitrogens with one attached hydrogen (secondary N) is 1. The van der Waals surface area contributed by atoms with E-state index in [-0.39, 0.29) is 40.6 Å². The molecule has 7 heteroatoms. The molecule has 1 aliphatic heterocycles. The van der Waals surface area contributed by atoms with E-state index in [1.807, 2.05) is 18.2 Å². The third-order valence-corrected chi connectivity index (χ3v) is 9.87. The van der Waals surface area contributed by atoms with Crippen molar-refractivity contribution in [2.75, 3.05) is 10.2 Å². The molecule has 2 aromatic carbocycles. The fraction of sp³-hybridized carbons (Fsp3) is 0.676. The molecule has 1 aliphatic rings. The molecule has 1 unspecified atom stereocenters. The molecular formula is C37H59N2NaO3S. The minimum Gasteiger partial charge on any atom is -0.744 e. The molecule has 44 heavy (non-hydrogen) atoms. The van der Waals surface area contributed by atoms with Gasteiger partial charge < -0.3 is 14.8 Å². The van der Waals surface area contributed by atoms with Crippen molar-refractivity contribution in [3.8, 4) is 0 Å². The zero-order chi connectivity index (χ0) is 30.6. The quantitative estimate of drug-likeness (QED) is 0.0682. The van der Waals surface area contributed by atoms with Gasteiger partial charge in [-0.15, -0.1) is 0 Å². The summed E-state index contributed by atoms with van der Waals surface area (Å²) in [5.74, 6) is 0. The molecule has 5 nitrogen and oxygen atoms in total. The van der Waals surface area contributed by atoms with Gasteiger partial charge in [-0.3, -0.25) is 0 Å². The van der Waals surface area contributed by atoms with Crippen LogP contribution in [0.1, 0.15) is 154 Å². The van der Waals surface area contributed by atoms with Gasteiger partial charge in [-0.05, 0) is 36.6 Å². The summed E-state index contributed by atoms with van der Waals surface area (Å²) in [5, 5.41) is 3.50. The Morgan fingerprint density at radius 2 is 1.11 bits per heavy atom. The fourth-order valence-corrected chi connectivity index (χ4v) is 6.93. The van der Waals surface area contributed by atoms with E-state index in [1.54, 1.807) is 6.07 Å². The maximum Gasteiger partial charge on any atom is 1.00 e. The van der Waals surface area contributed by atoms with Gasteiger partial charge in [-0.25, -0.2) is 8.42 Å². The van der Waals surface area contributed by atoms with Gasteiger partial charge in [-0.2, -0.15) is 0 Å². The number of benzene rings is 2. The third-order valence-electron chi connectivity index (χ3n) is 9.04. The fourth-order valence-electron chi connectivity index (χ4n) is 6.44. The van der Waals surface area contributed by atoms with Crippen LogP contribution in [0.3, 0.4) is 0 Å². The van der Waals surface area contributed by atoms with E-state index >= 15 is 0 Å². The van der Waals surface area contributed by atoms with E-state index in [4.69, 9.17) is 0 Å². The number of nitrogens with zero attached hydrogens (tertiary/aromatic N) is 1. The first-order valence-corrected chi connectivity index (χ1v) is 19.1.